The predicted molar refractivity (Wildman–Crippen MR) is 93.1 cm³/mol. The van der Waals surface area contributed by atoms with E-state index in [0.717, 1.165) is 18.5 Å². The Kier molecular flexibility index (Phi) is 7.20. The van der Waals surface area contributed by atoms with Gasteiger partial charge in [0.1, 0.15) is 0 Å². The van der Waals surface area contributed by atoms with E-state index in [0.29, 0.717) is 11.7 Å². The second kappa shape index (κ2) is 9.38. The Hall–Kier alpha value is -2.58. The number of benzene rings is 1. The maximum atomic E-state index is 13.7. The van der Waals surface area contributed by atoms with Crippen molar-refractivity contribution in [1.29, 1.82) is 0 Å². The Bertz CT molecular complexity index is 777. The number of aromatic nitrogens is 1. The number of nitrogens with zero attached hydrogens (tertiary/aromatic N) is 2. The number of guanidine groups is 1. The summed E-state index contributed by atoms with van der Waals surface area (Å²) in [5, 5.41) is 9.53. The summed E-state index contributed by atoms with van der Waals surface area (Å²) in [5.41, 5.74) is 0.116. The molecular formula is C18H22F4N4O. The molecule has 0 amide bonds. The summed E-state index contributed by atoms with van der Waals surface area (Å²) in [5.74, 6) is -4.74. The largest absolute Gasteiger partial charge is 0.359 e. The molecule has 148 valence electrons. The highest BCUT2D eigenvalue weighted by molar-refractivity contribution is 5.79. The van der Waals surface area contributed by atoms with E-state index >= 15 is 0 Å². The van der Waals surface area contributed by atoms with Crippen LogP contribution in [-0.4, -0.2) is 18.2 Å². The molecule has 2 rings (SSSR count). The third kappa shape index (κ3) is 4.99. The quantitative estimate of drug-likeness (QED) is 0.327. The average molecular weight is 386 g/mol. The molecule has 0 aliphatic rings. The van der Waals surface area contributed by atoms with Gasteiger partial charge in [0.2, 0.25) is 0 Å². The summed E-state index contributed by atoms with van der Waals surface area (Å²) in [6.07, 6.45) is 1.89. The molecule has 2 N–H and O–H groups in total. The molecule has 27 heavy (non-hydrogen) atoms. The fourth-order valence-electron chi connectivity index (χ4n) is 2.65. The molecule has 0 saturated carbocycles. The SMILES string of the molecule is CCC(CC)c1cc(CNC(=NC)NCc2c(F)c(F)cc(F)c2F)on1. The van der Waals surface area contributed by atoms with Gasteiger partial charge in [0.05, 0.1) is 12.2 Å². The number of rotatable bonds is 7. The van der Waals surface area contributed by atoms with Crippen molar-refractivity contribution in [2.45, 2.75) is 45.7 Å². The van der Waals surface area contributed by atoms with Gasteiger partial charge >= 0.3 is 0 Å². The number of hydrogen-bond acceptors (Lipinski definition) is 3. The molecule has 0 fully saturated rings. The standard InChI is InChI=1S/C18H22F4N4O/c1-4-10(5-2)15-6-11(27-26-15)8-24-18(23-3)25-9-12-16(21)13(19)7-14(20)17(12)22/h6-7,10H,4-5,8-9H2,1-3H3,(H2,23,24,25). The third-order valence-electron chi connectivity index (χ3n) is 4.27. The second-order valence-corrected chi connectivity index (χ2v) is 5.96. The first kappa shape index (κ1) is 20.7. The predicted octanol–water partition coefficient (Wildman–Crippen LogP) is 4.00. The van der Waals surface area contributed by atoms with Crippen LogP contribution in [0.15, 0.2) is 21.6 Å². The summed E-state index contributed by atoms with van der Waals surface area (Å²) in [7, 11) is 1.45. The van der Waals surface area contributed by atoms with Crippen LogP contribution in [0.25, 0.3) is 0 Å². The van der Waals surface area contributed by atoms with Crippen molar-refractivity contribution >= 4 is 5.96 Å². The van der Waals surface area contributed by atoms with Crippen molar-refractivity contribution in [1.82, 2.24) is 15.8 Å². The van der Waals surface area contributed by atoms with Crippen molar-refractivity contribution in [2.24, 2.45) is 4.99 Å². The van der Waals surface area contributed by atoms with Crippen LogP contribution in [0.5, 0.6) is 0 Å². The lowest BCUT2D eigenvalue weighted by molar-refractivity contribution is 0.368. The van der Waals surface area contributed by atoms with Gasteiger partial charge in [-0.3, -0.25) is 4.99 Å². The molecule has 0 aliphatic heterocycles. The third-order valence-corrected chi connectivity index (χ3v) is 4.27. The highest BCUT2D eigenvalue weighted by Crippen LogP contribution is 2.22. The Morgan fingerprint density at radius 3 is 2.19 bits per heavy atom. The van der Waals surface area contributed by atoms with E-state index in [1.54, 1.807) is 0 Å². The molecule has 0 bridgehead atoms. The Morgan fingerprint density at radius 2 is 1.63 bits per heavy atom. The summed E-state index contributed by atoms with van der Waals surface area (Å²) >= 11 is 0. The number of aliphatic imine (C=N–C) groups is 1. The van der Waals surface area contributed by atoms with Crippen molar-refractivity contribution in [3.63, 3.8) is 0 Å². The zero-order chi connectivity index (χ0) is 20.0. The zero-order valence-electron chi connectivity index (χ0n) is 15.4. The van der Waals surface area contributed by atoms with E-state index in [1.165, 1.54) is 7.05 Å². The first-order valence-electron chi connectivity index (χ1n) is 8.63. The molecule has 1 heterocycles. The van der Waals surface area contributed by atoms with E-state index in [2.05, 4.69) is 34.6 Å². The maximum Gasteiger partial charge on any atom is 0.191 e. The smallest absolute Gasteiger partial charge is 0.191 e. The molecule has 1 aromatic heterocycles. The van der Waals surface area contributed by atoms with Crippen LogP contribution in [0, 0.1) is 23.3 Å². The van der Waals surface area contributed by atoms with Crippen LogP contribution in [0.2, 0.25) is 0 Å². The van der Waals surface area contributed by atoms with E-state index in [9.17, 15) is 17.6 Å². The summed E-state index contributed by atoms with van der Waals surface area (Å²) in [6.45, 7) is 3.89. The molecule has 0 saturated heterocycles. The van der Waals surface area contributed by atoms with Gasteiger partial charge in [-0.1, -0.05) is 19.0 Å². The minimum absolute atomic E-state index is 0.169. The van der Waals surface area contributed by atoms with E-state index in [-0.39, 0.29) is 18.6 Å². The average Bonchev–Trinajstić information content (AvgIpc) is 3.12. The van der Waals surface area contributed by atoms with Gasteiger partial charge in [0, 0.05) is 37.2 Å². The van der Waals surface area contributed by atoms with Crippen LogP contribution in [-0.2, 0) is 13.1 Å². The Balaban J connectivity index is 1.98. The molecule has 0 radical (unpaired) electrons. The van der Waals surface area contributed by atoms with Crippen molar-refractivity contribution < 1.29 is 22.1 Å². The monoisotopic (exact) mass is 386 g/mol. The molecule has 0 aliphatic carbocycles. The second-order valence-electron chi connectivity index (χ2n) is 5.96. The summed E-state index contributed by atoms with van der Waals surface area (Å²) in [6, 6.07) is 2.00. The van der Waals surface area contributed by atoms with Gasteiger partial charge in [-0.05, 0) is 12.8 Å². The van der Waals surface area contributed by atoms with Crippen LogP contribution in [0.4, 0.5) is 17.6 Å². The Labute approximate surface area is 154 Å². The topological polar surface area (TPSA) is 62.5 Å². The molecular weight excluding hydrogens is 364 g/mol. The molecule has 1 aromatic carbocycles. The normalized spacial score (nSPS) is 11.9. The van der Waals surface area contributed by atoms with Crippen molar-refractivity contribution in [3.05, 3.63) is 52.4 Å². The lowest BCUT2D eigenvalue weighted by atomic mass is 9.99. The van der Waals surface area contributed by atoms with Crippen LogP contribution in [0.3, 0.4) is 0 Å². The van der Waals surface area contributed by atoms with Gasteiger partial charge in [0.15, 0.2) is 35.0 Å². The van der Waals surface area contributed by atoms with Gasteiger partial charge in [-0.15, -0.1) is 0 Å². The Morgan fingerprint density at radius 1 is 1.04 bits per heavy atom. The molecule has 9 heteroatoms. The minimum atomic E-state index is -1.45. The fourth-order valence-corrected chi connectivity index (χ4v) is 2.65. The first-order chi connectivity index (χ1) is 12.9. The zero-order valence-corrected chi connectivity index (χ0v) is 15.4. The van der Waals surface area contributed by atoms with Gasteiger partial charge in [-0.25, -0.2) is 17.6 Å². The lowest BCUT2D eigenvalue weighted by Crippen LogP contribution is -2.36. The van der Waals surface area contributed by atoms with E-state index < -0.39 is 35.4 Å². The summed E-state index contributed by atoms with van der Waals surface area (Å²) in [4.78, 5) is 3.90. The highest BCUT2D eigenvalue weighted by Gasteiger charge is 2.19. The maximum absolute atomic E-state index is 13.7. The van der Waals surface area contributed by atoms with Crippen LogP contribution in [0.1, 0.15) is 49.6 Å². The molecule has 5 nitrogen and oxygen atoms in total. The van der Waals surface area contributed by atoms with Gasteiger partial charge in [0.25, 0.3) is 0 Å². The fraction of sp³-hybridized carbons (Fsp3) is 0.444. The molecule has 0 atom stereocenters. The molecule has 2 aromatic rings. The summed E-state index contributed by atoms with van der Waals surface area (Å²) < 4.78 is 59.1. The van der Waals surface area contributed by atoms with Gasteiger partial charge < -0.3 is 15.2 Å². The van der Waals surface area contributed by atoms with Gasteiger partial charge in [-0.2, -0.15) is 0 Å². The minimum Gasteiger partial charge on any atom is -0.359 e. The van der Waals surface area contributed by atoms with E-state index in [4.69, 9.17) is 4.52 Å². The highest BCUT2D eigenvalue weighted by atomic mass is 19.2. The van der Waals surface area contributed by atoms with E-state index in [1.807, 2.05) is 6.07 Å². The van der Waals surface area contributed by atoms with Crippen LogP contribution >= 0.6 is 0 Å². The van der Waals surface area contributed by atoms with Crippen molar-refractivity contribution in [3.8, 4) is 0 Å². The van der Waals surface area contributed by atoms with Crippen LogP contribution < -0.4 is 10.6 Å². The first-order valence-corrected chi connectivity index (χ1v) is 8.63. The number of halogens is 4. The number of hydrogen-bond donors (Lipinski definition) is 2. The molecule has 0 spiro atoms. The lowest BCUT2D eigenvalue weighted by Gasteiger charge is -2.12. The van der Waals surface area contributed by atoms with Crippen molar-refractivity contribution in [2.75, 3.05) is 7.05 Å². The molecule has 0 unspecified atom stereocenters. The number of nitrogens with one attached hydrogen (secondary N) is 2.